The van der Waals surface area contributed by atoms with Gasteiger partial charge in [0.25, 0.3) is 0 Å². The van der Waals surface area contributed by atoms with Crippen LogP contribution < -0.4 is 5.32 Å². The molecule has 0 aromatic carbocycles. The Kier molecular flexibility index (Phi) is 4.96. The van der Waals surface area contributed by atoms with Gasteiger partial charge in [-0.25, -0.2) is 0 Å². The summed E-state index contributed by atoms with van der Waals surface area (Å²) >= 11 is 0. The molecule has 1 unspecified atom stereocenters. The van der Waals surface area contributed by atoms with E-state index < -0.39 is 8.32 Å². The SMILES string of the molecule is CCO[Si](C)(C)C(CC)NC. The van der Waals surface area contributed by atoms with Gasteiger partial charge >= 0.3 is 0 Å². The quantitative estimate of drug-likeness (QED) is 0.643. The van der Waals surface area contributed by atoms with Crippen LogP contribution in [-0.4, -0.2) is 27.6 Å². The molecule has 0 spiro atoms. The Hall–Kier alpha value is 0.137. The van der Waals surface area contributed by atoms with E-state index in [1.807, 2.05) is 7.05 Å². The number of nitrogens with one attached hydrogen (secondary N) is 1. The Morgan fingerprint density at radius 1 is 1.36 bits per heavy atom. The zero-order chi connectivity index (χ0) is 8.91. The van der Waals surface area contributed by atoms with E-state index in [-0.39, 0.29) is 0 Å². The smallest absolute Gasteiger partial charge is 0.203 e. The summed E-state index contributed by atoms with van der Waals surface area (Å²) in [6, 6.07) is 0. The van der Waals surface area contributed by atoms with E-state index in [9.17, 15) is 0 Å². The second kappa shape index (κ2) is 4.90. The van der Waals surface area contributed by atoms with Crippen molar-refractivity contribution >= 4 is 8.32 Å². The molecule has 11 heavy (non-hydrogen) atoms. The van der Waals surface area contributed by atoms with E-state index in [2.05, 4.69) is 32.3 Å². The van der Waals surface area contributed by atoms with Crippen LogP contribution in [0.4, 0.5) is 0 Å². The highest BCUT2D eigenvalue weighted by Gasteiger charge is 2.30. The molecule has 0 aromatic rings. The lowest BCUT2D eigenvalue weighted by molar-refractivity contribution is 0.314. The maximum atomic E-state index is 5.75. The molecule has 0 amide bonds. The van der Waals surface area contributed by atoms with Gasteiger partial charge in [0, 0.05) is 12.3 Å². The summed E-state index contributed by atoms with van der Waals surface area (Å²) in [5.74, 6) is 0. The molecule has 0 bridgehead atoms. The van der Waals surface area contributed by atoms with E-state index in [1.165, 1.54) is 0 Å². The Bertz CT molecular complexity index is 102. The molecule has 0 aromatic heterocycles. The summed E-state index contributed by atoms with van der Waals surface area (Å²) in [6.07, 6.45) is 1.16. The third kappa shape index (κ3) is 3.36. The van der Waals surface area contributed by atoms with Crippen LogP contribution in [0.3, 0.4) is 0 Å². The highest BCUT2D eigenvalue weighted by Crippen LogP contribution is 2.12. The normalized spacial score (nSPS) is 15.0. The zero-order valence-electron chi connectivity index (χ0n) is 8.40. The maximum Gasteiger partial charge on any atom is 0.203 e. The van der Waals surface area contributed by atoms with Crippen molar-refractivity contribution in [3.05, 3.63) is 0 Å². The fourth-order valence-electron chi connectivity index (χ4n) is 1.52. The van der Waals surface area contributed by atoms with Crippen molar-refractivity contribution < 1.29 is 4.43 Å². The van der Waals surface area contributed by atoms with Crippen molar-refractivity contribution in [3.63, 3.8) is 0 Å². The van der Waals surface area contributed by atoms with Crippen molar-refractivity contribution in [3.8, 4) is 0 Å². The Balaban J connectivity index is 4.00. The van der Waals surface area contributed by atoms with Gasteiger partial charge in [-0.3, -0.25) is 0 Å². The molecular formula is C8H21NOSi. The van der Waals surface area contributed by atoms with Gasteiger partial charge in [0.2, 0.25) is 8.32 Å². The molecule has 0 saturated heterocycles. The van der Waals surface area contributed by atoms with Gasteiger partial charge in [-0.2, -0.15) is 0 Å². The second-order valence-corrected chi connectivity index (χ2v) is 7.48. The van der Waals surface area contributed by atoms with Crippen LogP contribution >= 0.6 is 0 Å². The van der Waals surface area contributed by atoms with Gasteiger partial charge in [-0.1, -0.05) is 6.92 Å². The van der Waals surface area contributed by atoms with Gasteiger partial charge < -0.3 is 9.74 Å². The van der Waals surface area contributed by atoms with Gasteiger partial charge in [-0.05, 0) is 33.5 Å². The Morgan fingerprint density at radius 2 is 1.91 bits per heavy atom. The van der Waals surface area contributed by atoms with Crippen LogP contribution in [0.5, 0.6) is 0 Å². The third-order valence-electron chi connectivity index (χ3n) is 2.11. The summed E-state index contributed by atoms with van der Waals surface area (Å²) < 4.78 is 5.75. The predicted molar refractivity (Wildman–Crippen MR) is 52.2 cm³/mol. The van der Waals surface area contributed by atoms with E-state index >= 15 is 0 Å². The lowest BCUT2D eigenvalue weighted by Crippen LogP contribution is -2.51. The first-order chi connectivity index (χ1) is 5.08. The molecule has 0 aliphatic rings. The summed E-state index contributed by atoms with van der Waals surface area (Å²) in [5.41, 5.74) is 0.586. The second-order valence-electron chi connectivity index (χ2n) is 3.29. The van der Waals surface area contributed by atoms with Gasteiger partial charge in [-0.15, -0.1) is 0 Å². The van der Waals surface area contributed by atoms with Gasteiger partial charge in [0.15, 0.2) is 0 Å². The fourth-order valence-corrected chi connectivity index (χ4v) is 4.14. The molecule has 3 heteroatoms. The third-order valence-corrected chi connectivity index (χ3v) is 5.52. The van der Waals surface area contributed by atoms with Crippen LogP contribution in [-0.2, 0) is 4.43 Å². The van der Waals surface area contributed by atoms with Crippen LogP contribution in [0.2, 0.25) is 13.1 Å². The highest BCUT2D eigenvalue weighted by molar-refractivity contribution is 6.72. The number of hydrogen-bond donors (Lipinski definition) is 1. The minimum Gasteiger partial charge on any atom is -0.416 e. The summed E-state index contributed by atoms with van der Waals surface area (Å²) in [6.45, 7) is 9.64. The highest BCUT2D eigenvalue weighted by atomic mass is 28.4. The molecule has 0 saturated carbocycles. The Morgan fingerprint density at radius 3 is 2.18 bits per heavy atom. The standard InChI is InChI=1S/C8H21NOSi/c1-6-8(9-3)11(4,5)10-7-2/h8-9H,6-7H2,1-5H3. The number of rotatable bonds is 5. The molecule has 1 atom stereocenters. The predicted octanol–water partition coefficient (Wildman–Crippen LogP) is 1.77. The van der Waals surface area contributed by atoms with E-state index in [4.69, 9.17) is 4.43 Å². The topological polar surface area (TPSA) is 21.3 Å². The molecule has 0 aliphatic heterocycles. The molecule has 68 valence electrons. The molecule has 0 aliphatic carbocycles. The van der Waals surface area contributed by atoms with Crippen molar-refractivity contribution in [1.82, 2.24) is 5.32 Å². The summed E-state index contributed by atoms with van der Waals surface area (Å²) in [7, 11) is 0.572. The van der Waals surface area contributed by atoms with E-state index in [1.54, 1.807) is 0 Å². The molecule has 2 nitrogen and oxygen atoms in total. The van der Waals surface area contributed by atoms with Crippen LogP contribution in [0.25, 0.3) is 0 Å². The molecular weight excluding hydrogens is 154 g/mol. The lowest BCUT2D eigenvalue weighted by Gasteiger charge is -2.30. The van der Waals surface area contributed by atoms with Crippen molar-refractivity contribution in [1.29, 1.82) is 0 Å². The van der Waals surface area contributed by atoms with Crippen molar-refractivity contribution in [2.24, 2.45) is 0 Å². The maximum absolute atomic E-state index is 5.75. The first kappa shape index (κ1) is 11.1. The summed E-state index contributed by atoms with van der Waals surface area (Å²) in [5, 5.41) is 3.31. The Labute approximate surface area is 71.5 Å². The lowest BCUT2D eigenvalue weighted by atomic mass is 10.5. The van der Waals surface area contributed by atoms with E-state index in [0.29, 0.717) is 5.67 Å². The van der Waals surface area contributed by atoms with Crippen molar-refractivity contribution in [2.45, 2.75) is 39.0 Å². The number of hydrogen-bond acceptors (Lipinski definition) is 2. The molecule has 0 rings (SSSR count). The van der Waals surface area contributed by atoms with Crippen LogP contribution in [0, 0.1) is 0 Å². The zero-order valence-corrected chi connectivity index (χ0v) is 9.40. The first-order valence-corrected chi connectivity index (χ1v) is 7.38. The average Bonchev–Trinajstić information content (AvgIpc) is 1.89. The van der Waals surface area contributed by atoms with E-state index in [0.717, 1.165) is 13.0 Å². The summed E-state index contributed by atoms with van der Waals surface area (Å²) in [4.78, 5) is 0. The monoisotopic (exact) mass is 175 g/mol. The largest absolute Gasteiger partial charge is 0.416 e. The molecule has 0 fully saturated rings. The minimum atomic E-state index is -1.44. The van der Waals surface area contributed by atoms with Gasteiger partial charge in [0.05, 0.1) is 0 Å². The van der Waals surface area contributed by atoms with Gasteiger partial charge in [0.1, 0.15) is 0 Å². The van der Waals surface area contributed by atoms with Crippen molar-refractivity contribution in [2.75, 3.05) is 13.7 Å². The average molecular weight is 175 g/mol. The fraction of sp³-hybridized carbons (Fsp3) is 1.00. The molecule has 0 heterocycles. The minimum absolute atomic E-state index is 0.586. The van der Waals surface area contributed by atoms with Crippen LogP contribution in [0.15, 0.2) is 0 Å². The van der Waals surface area contributed by atoms with Crippen LogP contribution in [0.1, 0.15) is 20.3 Å². The molecule has 0 radical (unpaired) electrons. The first-order valence-electron chi connectivity index (χ1n) is 4.39. The molecule has 1 N–H and O–H groups in total.